The maximum Gasteiger partial charge on any atom is 0.340 e. The quantitative estimate of drug-likeness (QED) is 0.568. The van der Waals surface area contributed by atoms with Crippen LogP contribution in [0.15, 0.2) is 59.5 Å². The van der Waals surface area contributed by atoms with Crippen molar-refractivity contribution in [2.24, 2.45) is 0 Å². The van der Waals surface area contributed by atoms with Crippen LogP contribution < -0.4 is 10.4 Å². The van der Waals surface area contributed by atoms with Gasteiger partial charge in [-0.05, 0) is 37.3 Å². The van der Waals surface area contributed by atoms with Gasteiger partial charge >= 0.3 is 5.69 Å². The van der Waals surface area contributed by atoms with Crippen molar-refractivity contribution in [1.82, 2.24) is 9.13 Å². The summed E-state index contributed by atoms with van der Waals surface area (Å²) < 4.78 is 7.45. The van der Waals surface area contributed by atoms with E-state index in [4.69, 9.17) is 4.74 Å². The zero-order valence-corrected chi connectivity index (χ0v) is 13.3. The highest BCUT2D eigenvalue weighted by molar-refractivity contribution is 5.53. The van der Waals surface area contributed by atoms with E-state index in [-0.39, 0.29) is 17.3 Å². The van der Waals surface area contributed by atoms with Gasteiger partial charge in [0.25, 0.3) is 5.69 Å². The Morgan fingerprint density at radius 3 is 2.48 bits per heavy atom. The third kappa shape index (κ3) is 2.97. The SMILES string of the molecule is CCOc1ccc(-n2c(O)cn(-c3ccccc3[N+](=O)[O-])c2=O)cc1. The molecule has 0 aliphatic rings. The molecule has 0 spiro atoms. The molecule has 128 valence electrons. The highest BCUT2D eigenvalue weighted by Gasteiger charge is 2.20. The standard InChI is InChI=1S/C17H15N3O5/c1-2-25-13-9-7-12(8-10-13)19-16(21)11-18(17(19)22)14-5-3-4-6-15(14)20(23)24/h3-11,21H,2H2,1H3. The minimum absolute atomic E-state index is 0.0810. The Kier molecular flexibility index (Phi) is 4.25. The highest BCUT2D eigenvalue weighted by atomic mass is 16.6. The van der Waals surface area contributed by atoms with Crippen LogP contribution in [0.5, 0.6) is 11.6 Å². The molecule has 25 heavy (non-hydrogen) atoms. The van der Waals surface area contributed by atoms with Crippen LogP contribution in [0.2, 0.25) is 0 Å². The van der Waals surface area contributed by atoms with E-state index in [1.165, 1.54) is 18.2 Å². The van der Waals surface area contributed by atoms with Crippen molar-refractivity contribution in [3.63, 3.8) is 0 Å². The van der Waals surface area contributed by atoms with Gasteiger partial charge in [-0.1, -0.05) is 12.1 Å². The smallest absolute Gasteiger partial charge is 0.340 e. The first-order valence-electron chi connectivity index (χ1n) is 7.53. The summed E-state index contributed by atoms with van der Waals surface area (Å²) in [6, 6.07) is 12.4. The fourth-order valence-corrected chi connectivity index (χ4v) is 2.53. The Bertz CT molecular complexity index is 973. The molecule has 0 atom stereocenters. The molecule has 0 radical (unpaired) electrons. The molecule has 0 aliphatic heterocycles. The average molecular weight is 341 g/mol. The lowest BCUT2D eigenvalue weighted by Gasteiger charge is -2.06. The number of aromatic nitrogens is 2. The minimum atomic E-state index is -0.615. The Morgan fingerprint density at radius 2 is 1.84 bits per heavy atom. The second kappa shape index (κ2) is 6.52. The molecular weight excluding hydrogens is 326 g/mol. The van der Waals surface area contributed by atoms with Crippen molar-refractivity contribution in [3.8, 4) is 23.0 Å². The number of hydrogen-bond acceptors (Lipinski definition) is 5. The average Bonchev–Trinajstić information content (AvgIpc) is 2.90. The summed E-state index contributed by atoms with van der Waals surface area (Å²) in [6.45, 7) is 2.37. The van der Waals surface area contributed by atoms with Crippen LogP contribution >= 0.6 is 0 Å². The fourth-order valence-electron chi connectivity index (χ4n) is 2.53. The van der Waals surface area contributed by atoms with E-state index in [1.54, 1.807) is 30.3 Å². The molecule has 0 aliphatic carbocycles. The van der Waals surface area contributed by atoms with E-state index in [9.17, 15) is 20.0 Å². The Hall–Kier alpha value is -3.55. The summed E-state index contributed by atoms with van der Waals surface area (Å²) in [5.41, 5.74) is -0.342. The van der Waals surface area contributed by atoms with Gasteiger partial charge in [-0.3, -0.25) is 14.7 Å². The number of benzene rings is 2. The van der Waals surface area contributed by atoms with Crippen LogP contribution in [0.25, 0.3) is 11.4 Å². The van der Waals surface area contributed by atoms with Crippen molar-refractivity contribution in [2.75, 3.05) is 6.61 Å². The van der Waals surface area contributed by atoms with Crippen LogP contribution in [-0.4, -0.2) is 25.8 Å². The van der Waals surface area contributed by atoms with E-state index in [1.807, 2.05) is 6.92 Å². The summed E-state index contributed by atoms with van der Waals surface area (Å²) in [6.07, 6.45) is 1.15. The van der Waals surface area contributed by atoms with Crippen LogP contribution in [0, 0.1) is 10.1 Å². The van der Waals surface area contributed by atoms with Gasteiger partial charge in [0.2, 0.25) is 5.88 Å². The highest BCUT2D eigenvalue weighted by Crippen LogP contribution is 2.24. The second-order valence-corrected chi connectivity index (χ2v) is 5.15. The molecule has 2 aromatic carbocycles. The number of nitro benzene ring substituents is 1. The van der Waals surface area contributed by atoms with Gasteiger partial charge in [0.05, 0.1) is 23.4 Å². The molecule has 3 rings (SSSR count). The van der Waals surface area contributed by atoms with E-state index in [2.05, 4.69) is 0 Å². The van der Waals surface area contributed by atoms with Crippen molar-refractivity contribution in [3.05, 3.63) is 75.3 Å². The first-order valence-corrected chi connectivity index (χ1v) is 7.53. The molecule has 3 aromatic rings. The number of imidazole rings is 1. The molecule has 0 amide bonds. The van der Waals surface area contributed by atoms with Gasteiger partial charge in [-0.25, -0.2) is 9.36 Å². The summed E-state index contributed by atoms with van der Waals surface area (Å²) in [5.74, 6) is 0.309. The van der Waals surface area contributed by atoms with Gasteiger partial charge in [-0.2, -0.15) is 0 Å². The first-order chi connectivity index (χ1) is 12.0. The molecular formula is C17H15N3O5. The molecule has 0 fully saturated rings. The predicted molar refractivity (Wildman–Crippen MR) is 90.9 cm³/mol. The largest absolute Gasteiger partial charge is 0.494 e. The number of para-hydroxylation sites is 2. The molecule has 0 bridgehead atoms. The monoisotopic (exact) mass is 341 g/mol. The van der Waals surface area contributed by atoms with Gasteiger partial charge < -0.3 is 9.84 Å². The zero-order chi connectivity index (χ0) is 18.0. The molecule has 1 heterocycles. The number of hydrogen-bond donors (Lipinski definition) is 1. The lowest BCUT2D eigenvalue weighted by molar-refractivity contribution is -0.384. The van der Waals surface area contributed by atoms with E-state index >= 15 is 0 Å². The molecule has 1 aromatic heterocycles. The van der Waals surface area contributed by atoms with E-state index < -0.39 is 10.6 Å². The summed E-state index contributed by atoms with van der Waals surface area (Å²) in [5, 5.41) is 21.3. The topological polar surface area (TPSA) is 99.5 Å². The van der Waals surface area contributed by atoms with Crippen molar-refractivity contribution < 1.29 is 14.8 Å². The molecule has 1 N–H and O–H groups in total. The number of ether oxygens (including phenoxy) is 1. The van der Waals surface area contributed by atoms with Crippen LogP contribution in [0.1, 0.15) is 6.92 Å². The Balaban J connectivity index is 2.11. The summed E-state index contributed by atoms with van der Waals surface area (Å²) in [4.78, 5) is 23.3. The third-order valence-electron chi connectivity index (χ3n) is 3.61. The van der Waals surface area contributed by atoms with Crippen molar-refractivity contribution in [1.29, 1.82) is 0 Å². The molecule has 0 saturated carbocycles. The van der Waals surface area contributed by atoms with Crippen molar-refractivity contribution >= 4 is 5.69 Å². The van der Waals surface area contributed by atoms with Crippen molar-refractivity contribution in [2.45, 2.75) is 6.92 Å². The molecule has 8 heteroatoms. The molecule has 8 nitrogen and oxygen atoms in total. The van der Waals surface area contributed by atoms with E-state index in [0.717, 1.165) is 15.3 Å². The fraction of sp³-hybridized carbons (Fsp3) is 0.118. The van der Waals surface area contributed by atoms with Crippen LogP contribution in [0.3, 0.4) is 0 Å². The number of rotatable bonds is 5. The van der Waals surface area contributed by atoms with E-state index in [0.29, 0.717) is 18.0 Å². The van der Waals surface area contributed by atoms with Gasteiger partial charge in [-0.15, -0.1) is 0 Å². The normalized spacial score (nSPS) is 10.6. The second-order valence-electron chi connectivity index (χ2n) is 5.15. The van der Waals surface area contributed by atoms with Gasteiger partial charge in [0.1, 0.15) is 11.4 Å². The third-order valence-corrected chi connectivity index (χ3v) is 3.61. The zero-order valence-electron chi connectivity index (χ0n) is 13.3. The number of nitro groups is 1. The van der Waals surface area contributed by atoms with Crippen LogP contribution in [-0.2, 0) is 0 Å². The number of aromatic hydroxyl groups is 1. The first kappa shape index (κ1) is 16.3. The Morgan fingerprint density at radius 1 is 1.16 bits per heavy atom. The lowest BCUT2D eigenvalue weighted by atomic mass is 10.2. The molecule has 0 unspecified atom stereocenters. The molecule has 0 saturated heterocycles. The van der Waals surface area contributed by atoms with Gasteiger partial charge in [0, 0.05) is 6.07 Å². The van der Waals surface area contributed by atoms with Gasteiger partial charge in [0.15, 0.2) is 0 Å². The minimum Gasteiger partial charge on any atom is -0.494 e. The maximum atomic E-state index is 12.7. The summed E-state index contributed by atoms with van der Waals surface area (Å²) >= 11 is 0. The maximum absolute atomic E-state index is 12.7. The number of nitrogens with zero attached hydrogens (tertiary/aromatic N) is 3. The summed E-state index contributed by atoms with van der Waals surface area (Å²) in [7, 11) is 0. The Labute approximate surface area is 142 Å². The van der Waals surface area contributed by atoms with Crippen LogP contribution in [0.4, 0.5) is 5.69 Å². The lowest BCUT2D eigenvalue weighted by Crippen LogP contribution is -2.22. The predicted octanol–water partition coefficient (Wildman–Crippen LogP) is 2.64.